The fraction of sp³-hybridized carbons (Fsp3) is 0.700. The number of nitrogens with two attached hydrogens (primary N) is 3. The summed E-state index contributed by atoms with van der Waals surface area (Å²) in [5, 5.41) is 16.5. The Hall–Kier alpha value is -3.22. The molecule has 13 heteroatoms. The minimum atomic E-state index is -1.55. The lowest BCUT2D eigenvalue weighted by molar-refractivity contribution is -0.144. The van der Waals surface area contributed by atoms with Gasteiger partial charge in [-0.05, 0) is 18.3 Å². The summed E-state index contributed by atoms with van der Waals surface area (Å²) < 4.78 is 0. The Bertz CT molecular complexity index is 742. The fourth-order valence-electron chi connectivity index (χ4n) is 2.83. The van der Waals surface area contributed by atoms with E-state index in [1.165, 1.54) is 0 Å². The summed E-state index contributed by atoms with van der Waals surface area (Å²) in [7, 11) is 0. The molecule has 0 spiro atoms. The standard InChI is InChI=1S/C20H36N6O7/c1-5-10(4)16(19(31)24-12(20(32)33)8-14(23)28)26-18(30)15(9(2)3)25-17(29)11(21)6-7-13(22)27/h9-12,15-16H,5-8,21H2,1-4H3,(H2,22,27)(H2,23,28)(H,24,31)(H,25,29)(H,26,30)(H,32,33). The molecule has 0 heterocycles. The van der Waals surface area contributed by atoms with Gasteiger partial charge in [-0.1, -0.05) is 34.1 Å². The first-order valence-corrected chi connectivity index (χ1v) is 10.7. The monoisotopic (exact) mass is 472 g/mol. The van der Waals surface area contributed by atoms with Crippen molar-refractivity contribution in [3.05, 3.63) is 0 Å². The molecule has 5 atom stereocenters. The SMILES string of the molecule is CCC(C)C(NC(=O)C(NC(=O)C(N)CCC(N)=O)C(C)C)C(=O)NC(CC(N)=O)C(=O)O. The molecular weight excluding hydrogens is 436 g/mol. The first-order chi connectivity index (χ1) is 15.2. The predicted octanol–water partition coefficient (Wildman–Crippen LogP) is -2.30. The summed E-state index contributed by atoms with van der Waals surface area (Å²) in [6.45, 7) is 6.79. The number of aliphatic carboxylic acids is 1. The van der Waals surface area contributed by atoms with Crippen molar-refractivity contribution in [3.8, 4) is 0 Å². The van der Waals surface area contributed by atoms with E-state index in [9.17, 15) is 33.9 Å². The minimum absolute atomic E-state index is 0.00193. The summed E-state index contributed by atoms with van der Waals surface area (Å²) in [5.41, 5.74) is 15.8. The molecule has 0 saturated heterocycles. The van der Waals surface area contributed by atoms with Gasteiger partial charge >= 0.3 is 5.97 Å². The molecule has 0 aliphatic carbocycles. The Balaban J connectivity index is 5.47. The van der Waals surface area contributed by atoms with Crippen LogP contribution >= 0.6 is 0 Å². The summed E-state index contributed by atoms with van der Waals surface area (Å²) in [6, 6.07) is -4.82. The zero-order valence-electron chi connectivity index (χ0n) is 19.4. The van der Waals surface area contributed by atoms with E-state index in [4.69, 9.17) is 17.2 Å². The zero-order valence-corrected chi connectivity index (χ0v) is 19.4. The molecule has 0 aromatic rings. The second kappa shape index (κ2) is 14.0. The Labute approximate surface area is 192 Å². The molecule has 0 saturated carbocycles. The van der Waals surface area contributed by atoms with E-state index < -0.39 is 72.0 Å². The summed E-state index contributed by atoms with van der Waals surface area (Å²) >= 11 is 0. The van der Waals surface area contributed by atoms with Crippen LogP contribution in [-0.2, 0) is 28.8 Å². The second-order valence-corrected chi connectivity index (χ2v) is 8.28. The van der Waals surface area contributed by atoms with Gasteiger partial charge in [0.2, 0.25) is 29.5 Å². The van der Waals surface area contributed by atoms with E-state index in [2.05, 4.69) is 16.0 Å². The van der Waals surface area contributed by atoms with Crippen molar-refractivity contribution in [2.45, 2.75) is 77.5 Å². The van der Waals surface area contributed by atoms with Crippen molar-refractivity contribution in [2.75, 3.05) is 0 Å². The van der Waals surface area contributed by atoms with Crippen LogP contribution in [-0.4, -0.2) is 64.8 Å². The minimum Gasteiger partial charge on any atom is -0.480 e. The van der Waals surface area contributed by atoms with Crippen molar-refractivity contribution in [1.29, 1.82) is 0 Å². The number of hydrogen-bond donors (Lipinski definition) is 7. The van der Waals surface area contributed by atoms with Gasteiger partial charge in [-0.25, -0.2) is 4.79 Å². The summed E-state index contributed by atoms with van der Waals surface area (Å²) in [4.78, 5) is 71.4. The van der Waals surface area contributed by atoms with Crippen molar-refractivity contribution in [3.63, 3.8) is 0 Å². The molecule has 188 valence electrons. The maximum absolute atomic E-state index is 12.9. The highest BCUT2D eigenvalue weighted by atomic mass is 16.4. The summed E-state index contributed by atoms with van der Waals surface area (Å²) in [6.07, 6.45) is -0.250. The number of hydrogen-bond acceptors (Lipinski definition) is 7. The van der Waals surface area contributed by atoms with Gasteiger partial charge in [0, 0.05) is 6.42 Å². The van der Waals surface area contributed by atoms with Gasteiger partial charge in [0.15, 0.2) is 0 Å². The molecule has 0 rings (SSSR count). The van der Waals surface area contributed by atoms with Gasteiger partial charge < -0.3 is 38.3 Å². The molecule has 13 nitrogen and oxygen atoms in total. The molecule has 0 aromatic carbocycles. The Morgan fingerprint density at radius 3 is 1.76 bits per heavy atom. The average molecular weight is 473 g/mol. The van der Waals surface area contributed by atoms with Gasteiger partial charge in [0.1, 0.15) is 18.1 Å². The van der Waals surface area contributed by atoms with E-state index in [1.807, 2.05) is 0 Å². The zero-order chi connectivity index (χ0) is 25.9. The quantitative estimate of drug-likeness (QED) is 0.136. The van der Waals surface area contributed by atoms with Crippen LogP contribution in [0.15, 0.2) is 0 Å². The molecule has 33 heavy (non-hydrogen) atoms. The van der Waals surface area contributed by atoms with Gasteiger partial charge in [-0.2, -0.15) is 0 Å². The molecular formula is C20H36N6O7. The topological polar surface area (TPSA) is 237 Å². The van der Waals surface area contributed by atoms with Gasteiger partial charge in [0.25, 0.3) is 0 Å². The lowest BCUT2D eigenvalue weighted by Crippen LogP contribution is -2.60. The number of rotatable bonds is 15. The molecule has 10 N–H and O–H groups in total. The average Bonchev–Trinajstić information content (AvgIpc) is 2.71. The molecule has 5 amide bonds. The molecule has 5 unspecified atom stereocenters. The molecule has 0 aromatic heterocycles. The van der Waals surface area contributed by atoms with Crippen molar-refractivity contribution in [1.82, 2.24) is 16.0 Å². The third-order valence-electron chi connectivity index (χ3n) is 5.10. The third-order valence-corrected chi connectivity index (χ3v) is 5.10. The number of amides is 5. The van der Waals surface area contributed by atoms with Gasteiger partial charge in [0.05, 0.1) is 12.5 Å². The molecule has 0 aliphatic heterocycles. The number of carbonyl (C=O) groups is 6. The van der Waals surface area contributed by atoms with E-state index in [-0.39, 0.29) is 18.8 Å². The molecule has 0 aliphatic rings. The molecule has 0 bridgehead atoms. The van der Waals surface area contributed by atoms with Crippen LogP contribution < -0.4 is 33.2 Å². The molecule has 0 fully saturated rings. The number of nitrogens with one attached hydrogen (secondary N) is 3. The lowest BCUT2D eigenvalue weighted by atomic mass is 9.96. The van der Waals surface area contributed by atoms with Crippen LogP contribution in [0.25, 0.3) is 0 Å². The van der Waals surface area contributed by atoms with Crippen molar-refractivity contribution >= 4 is 35.5 Å². The lowest BCUT2D eigenvalue weighted by Gasteiger charge is -2.29. The Morgan fingerprint density at radius 2 is 1.33 bits per heavy atom. The van der Waals surface area contributed by atoms with Crippen molar-refractivity contribution in [2.24, 2.45) is 29.0 Å². The number of carboxylic acids is 1. The fourth-order valence-corrected chi connectivity index (χ4v) is 2.83. The smallest absolute Gasteiger partial charge is 0.326 e. The van der Waals surface area contributed by atoms with Crippen LogP contribution in [0, 0.1) is 11.8 Å². The highest BCUT2D eigenvalue weighted by Crippen LogP contribution is 2.11. The second-order valence-electron chi connectivity index (χ2n) is 8.28. The van der Waals surface area contributed by atoms with Gasteiger partial charge in [-0.3, -0.25) is 24.0 Å². The largest absolute Gasteiger partial charge is 0.480 e. The summed E-state index contributed by atoms with van der Waals surface area (Å²) in [5.74, 6) is -5.92. The third kappa shape index (κ3) is 10.8. The normalized spacial score (nSPS) is 15.5. The number of carboxylic acid groups (broad SMARTS) is 1. The van der Waals surface area contributed by atoms with Crippen molar-refractivity contribution < 1.29 is 33.9 Å². The molecule has 0 radical (unpaired) electrons. The van der Waals surface area contributed by atoms with Gasteiger partial charge in [-0.15, -0.1) is 0 Å². The highest BCUT2D eigenvalue weighted by Gasteiger charge is 2.34. The Kier molecular flexibility index (Phi) is 12.7. The first-order valence-electron chi connectivity index (χ1n) is 10.7. The van der Waals surface area contributed by atoms with Crippen LogP contribution in [0.2, 0.25) is 0 Å². The van der Waals surface area contributed by atoms with Crippen LogP contribution in [0.5, 0.6) is 0 Å². The number of primary amides is 2. The predicted molar refractivity (Wildman–Crippen MR) is 118 cm³/mol. The van der Waals surface area contributed by atoms with E-state index in [0.29, 0.717) is 6.42 Å². The highest BCUT2D eigenvalue weighted by molar-refractivity contribution is 5.95. The Morgan fingerprint density at radius 1 is 0.818 bits per heavy atom. The van der Waals surface area contributed by atoms with E-state index >= 15 is 0 Å². The van der Waals surface area contributed by atoms with E-state index in [0.717, 1.165) is 0 Å². The maximum Gasteiger partial charge on any atom is 0.326 e. The van der Waals surface area contributed by atoms with Crippen LogP contribution in [0.1, 0.15) is 53.4 Å². The van der Waals surface area contributed by atoms with Crippen LogP contribution in [0.4, 0.5) is 0 Å². The number of carbonyl (C=O) groups excluding carboxylic acids is 5. The van der Waals surface area contributed by atoms with Crippen LogP contribution in [0.3, 0.4) is 0 Å². The van der Waals surface area contributed by atoms with E-state index in [1.54, 1.807) is 27.7 Å². The maximum atomic E-state index is 12.9. The first kappa shape index (κ1) is 29.8.